The normalized spacial score (nSPS) is 10.9. The van der Waals surface area contributed by atoms with Crippen molar-refractivity contribution in [3.8, 4) is 28.0 Å². The predicted molar refractivity (Wildman–Crippen MR) is 103 cm³/mol. The summed E-state index contributed by atoms with van der Waals surface area (Å²) >= 11 is 1.19. The van der Waals surface area contributed by atoms with Crippen molar-refractivity contribution >= 4 is 11.9 Å². The first-order valence-corrected chi connectivity index (χ1v) is 8.87. The van der Waals surface area contributed by atoms with Crippen LogP contribution in [0.2, 0.25) is 0 Å². The van der Waals surface area contributed by atoms with Crippen molar-refractivity contribution in [3.05, 3.63) is 71.8 Å². The van der Waals surface area contributed by atoms with E-state index >= 15 is 0 Å². The molecule has 0 aromatic heterocycles. The summed E-state index contributed by atoms with van der Waals surface area (Å²) < 4.78 is 33.2. The molecule has 3 aromatic carbocycles. The second kappa shape index (κ2) is 8.49. The first-order chi connectivity index (χ1) is 13.0. The van der Waals surface area contributed by atoms with Crippen LogP contribution < -0.4 is 15.5 Å². The number of rotatable bonds is 6. The zero-order valence-electron chi connectivity index (χ0n) is 14.8. The number of hydrogen-bond donors (Lipinski definition) is 2. The fourth-order valence-corrected chi connectivity index (χ4v) is 3.26. The van der Waals surface area contributed by atoms with Gasteiger partial charge in [0.25, 0.3) is 0 Å². The summed E-state index contributed by atoms with van der Waals surface area (Å²) in [5.74, 6) is 3.88. The van der Waals surface area contributed by atoms with Crippen LogP contribution in [-0.4, -0.2) is 7.11 Å². The van der Waals surface area contributed by atoms with Crippen LogP contribution in [0.25, 0.3) is 22.3 Å². The zero-order valence-corrected chi connectivity index (χ0v) is 15.6. The fraction of sp³-hybridized carbons (Fsp3) is 0.100. The van der Waals surface area contributed by atoms with Gasteiger partial charge in [-0.25, -0.2) is 13.7 Å². The average molecular weight is 388 g/mol. The largest absolute Gasteiger partial charge is 0.496 e. The molecular weight excluding hydrogens is 370 g/mol. The quantitative estimate of drug-likeness (QED) is 0.459. The van der Waals surface area contributed by atoms with Gasteiger partial charge in [0.05, 0.1) is 7.11 Å². The molecule has 0 bridgehead atoms. The Morgan fingerprint density at radius 3 is 2.04 bits per heavy atom. The maximum absolute atomic E-state index is 14.0. The fourth-order valence-electron chi connectivity index (χ4n) is 2.85. The Labute approximate surface area is 160 Å². The molecule has 0 fully saturated rings. The predicted octanol–water partition coefficient (Wildman–Crippen LogP) is 5.02. The average Bonchev–Trinajstić information content (AvgIpc) is 2.68. The van der Waals surface area contributed by atoms with Gasteiger partial charge in [0.15, 0.2) is 11.6 Å². The van der Waals surface area contributed by atoms with Crippen LogP contribution in [0.3, 0.4) is 0 Å². The van der Waals surface area contributed by atoms with Crippen molar-refractivity contribution in [2.24, 2.45) is 5.90 Å². The number of benzene rings is 3. The monoisotopic (exact) mass is 388 g/mol. The number of nitrogens with two attached hydrogens (primary N) is 1. The van der Waals surface area contributed by atoms with Gasteiger partial charge in [-0.15, -0.1) is 4.89 Å². The van der Waals surface area contributed by atoms with E-state index < -0.39 is 11.6 Å². The number of methoxy groups -OCH3 is 1. The Morgan fingerprint density at radius 1 is 0.889 bits per heavy atom. The Hall–Kier alpha value is -2.45. The summed E-state index contributed by atoms with van der Waals surface area (Å²) in [6.45, 7) is 1.90. The molecule has 0 amide bonds. The third-order valence-electron chi connectivity index (χ3n) is 4.14. The van der Waals surface area contributed by atoms with E-state index in [1.165, 1.54) is 24.1 Å². The van der Waals surface area contributed by atoms with Gasteiger partial charge in [0.1, 0.15) is 5.75 Å². The van der Waals surface area contributed by atoms with Crippen LogP contribution >= 0.6 is 11.9 Å². The first-order valence-electron chi connectivity index (χ1n) is 8.05. The van der Waals surface area contributed by atoms with Crippen molar-refractivity contribution in [1.29, 1.82) is 0 Å². The Kier molecular flexibility index (Phi) is 6.08. The molecule has 0 unspecified atom stereocenters. The lowest BCUT2D eigenvalue weighted by atomic mass is 9.93. The molecule has 3 rings (SSSR count). The number of aryl methyl sites for hydroxylation is 1. The van der Waals surface area contributed by atoms with Crippen LogP contribution in [0.1, 0.15) is 5.56 Å². The van der Waals surface area contributed by atoms with Crippen LogP contribution in [0.4, 0.5) is 8.78 Å². The van der Waals surface area contributed by atoms with Gasteiger partial charge in [-0.05, 0) is 83.1 Å². The van der Waals surface area contributed by atoms with Crippen molar-refractivity contribution < 1.29 is 18.5 Å². The minimum absolute atomic E-state index is 0.595. The lowest BCUT2D eigenvalue weighted by molar-refractivity contribution is 0.103. The standard InChI is InChI=1S/C20H18F2N2O2S/c1-12-9-14(5-8-20(12)25-2)17-11-19(22)18(21)10-16(17)13-3-6-15(7-4-13)27-24-26-23/h3-11,24H,23H2,1-2H3. The topological polar surface area (TPSA) is 56.5 Å². The molecule has 140 valence electrons. The maximum Gasteiger partial charge on any atom is 0.159 e. The van der Waals surface area contributed by atoms with E-state index in [0.717, 1.165) is 27.3 Å². The highest BCUT2D eigenvalue weighted by Crippen LogP contribution is 2.36. The van der Waals surface area contributed by atoms with Gasteiger partial charge in [-0.1, -0.05) is 18.2 Å². The summed E-state index contributed by atoms with van der Waals surface area (Å²) in [5, 5.41) is 0. The Bertz CT molecular complexity index is 949. The molecule has 0 heterocycles. The zero-order chi connectivity index (χ0) is 19.4. The van der Waals surface area contributed by atoms with E-state index in [0.29, 0.717) is 11.1 Å². The van der Waals surface area contributed by atoms with E-state index in [4.69, 9.17) is 10.6 Å². The maximum atomic E-state index is 14.0. The summed E-state index contributed by atoms with van der Waals surface area (Å²) in [6, 6.07) is 15.3. The molecule has 0 saturated carbocycles. The highest BCUT2D eigenvalue weighted by Gasteiger charge is 2.14. The third kappa shape index (κ3) is 4.28. The van der Waals surface area contributed by atoms with Crippen molar-refractivity contribution in [3.63, 3.8) is 0 Å². The van der Waals surface area contributed by atoms with E-state index in [1.54, 1.807) is 7.11 Å². The van der Waals surface area contributed by atoms with E-state index in [9.17, 15) is 8.78 Å². The molecule has 0 spiro atoms. The molecule has 4 nitrogen and oxygen atoms in total. The molecule has 0 atom stereocenters. The highest BCUT2D eigenvalue weighted by molar-refractivity contribution is 7.97. The number of ether oxygens (including phenoxy) is 1. The molecule has 3 N–H and O–H groups in total. The minimum atomic E-state index is -0.893. The summed E-state index contributed by atoms with van der Waals surface area (Å²) in [4.78, 5) is 7.63. The van der Waals surface area contributed by atoms with Gasteiger partial charge in [-0.2, -0.15) is 5.90 Å². The second-order valence-corrected chi connectivity index (χ2v) is 6.67. The molecule has 0 aliphatic carbocycles. The second-order valence-electron chi connectivity index (χ2n) is 5.82. The van der Waals surface area contributed by atoms with E-state index in [1.807, 2.05) is 49.4 Å². The lowest BCUT2D eigenvalue weighted by Crippen LogP contribution is -2.10. The van der Waals surface area contributed by atoms with Crippen LogP contribution in [0, 0.1) is 18.6 Å². The van der Waals surface area contributed by atoms with Crippen LogP contribution in [-0.2, 0) is 4.94 Å². The van der Waals surface area contributed by atoms with E-state index in [-0.39, 0.29) is 0 Å². The molecule has 27 heavy (non-hydrogen) atoms. The van der Waals surface area contributed by atoms with Crippen molar-refractivity contribution in [2.45, 2.75) is 11.8 Å². The lowest BCUT2D eigenvalue weighted by Gasteiger charge is -2.14. The molecular formula is C20H18F2N2O2S. The Morgan fingerprint density at radius 2 is 1.48 bits per heavy atom. The van der Waals surface area contributed by atoms with Gasteiger partial charge >= 0.3 is 0 Å². The van der Waals surface area contributed by atoms with E-state index in [2.05, 4.69) is 9.82 Å². The van der Waals surface area contributed by atoms with Gasteiger partial charge in [0.2, 0.25) is 0 Å². The molecule has 0 aliphatic heterocycles. The van der Waals surface area contributed by atoms with Crippen molar-refractivity contribution in [2.75, 3.05) is 7.11 Å². The number of halogens is 2. The molecule has 3 aromatic rings. The number of hydrogen-bond acceptors (Lipinski definition) is 5. The minimum Gasteiger partial charge on any atom is -0.496 e. The molecule has 0 aliphatic rings. The van der Waals surface area contributed by atoms with Crippen LogP contribution in [0.15, 0.2) is 59.5 Å². The third-order valence-corrected chi connectivity index (χ3v) is 4.83. The van der Waals surface area contributed by atoms with Gasteiger partial charge in [-0.3, -0.25) is 0 Å². The molecule has 0 radical (unpaired) electrons. The molecule has 0 saturated heterocycles. The Balaban J connectivity index is 2.07. The van der Waals surface area contributed by atoms with Crippen molar-refractivity contribution in [1.82, 2.24) is 4.89 Å². The summed E-state index contributed by atoms with van der Waals surface area (Å²) in [5.41, 5.74) is 3.64. The SMILES string of the molecule is COc1ccc(-c2cc(F)c(F)cc2-c2ccc(SNON)cc2)cc1C. The van der Waals surface area contributed by atoms with Gasteiger partial charge < -0.3 is 4.74 Å². The van der Waals surface area contributed by atoms with Crippen LogP contribution in [0.5, 0.6) is 5.75 Å². The first kappa shape index (κ1) is 19.3. The highest BCUT2D eigenvalue weighted by atomic mass is 32.2. The smallest absolute Gasteiger partial charge is 0.159 e. The summed E-state index contributed by atoms with van der Waals surface area (Å²) in [7, 11) is 1.59. The summed E-state index contributed by atoms with van der Waals surface area (Å²) in [6.07, 6.45) is 0. The molecule has 7 heteroatoms. The van der Waals surface area contributed by atoms with Gasteiger partial charge in [0, 0.05) is 4.90 Å². The number of nitrogens with one attached hydrogen (secondary N) is 1.